The molecular formula is C38H46N4O3. The first-order chi connectivity index (χ1) is 21.6. The summed E-state index contributed by atoms with van der Waals surface area (Å²) in [5, 5.41) is 0. The summed E-state index contributed by atoms with van der Waals surface area (Å²) in [5.74, 6) is 0.605. The number of carbonyl (C=O) groups excluding carboxylic acids is 3. The number of rotatable bonds is 6. The summed E-state index contributed by atoms with van der Waals surface area (Å²) in [6.45, 7) is 9.42. The van der Waals surface area contributed by atoms with Crippen LogP contribution in [-0.4, -0.2) is 77.4 Å². The van der Waals surface area contributed by atoms with Gasteiger partial charge in [-0.15, -0.1) is 0 Å². The second-order valence-corrected chi connectivity index (χ2v) is 14.1. The van der Waals surface area contributed by atoms with Crippen molar-refractivity contribution in [3.63, 3.8) is 0 Å². The van der Waals surface area contributed by atoms with Crippen LogP contribution in [0, 0.1) is 5.92 Å². The Balaban J connectivity index is 1.11. The maximum absolute atomic E-state index is 14.2. The van der Waals surface area contributed by atoms with E-state index in [1.807, 2.05) is 70.5 Å². The van der Waals surface area contributed by atoms with Gasteiger partial charge in [0.25, 0.3) is 11.8 Å². The Kier molecular flexibility index (Phi) is 8.71. The number of anilines is 1. The highest BCUT2D eigenvalue weighted by Gasteiger charge is 2.54. The normalized spacial score (nSPS) is 19.0. The Labute approximate surface area is 267 Å². The molecule has 0 saturated carbocycles. The monoisotopic (exact) mass is 606 g/mol. The Morgan fingerprint density at radius 3 is 1.98 bits per heavy atom. The van der Waals surface area contributed by atoms with Crippen LogP contribution in [0.5, 0.6) is 0 Å². The zero-order chi connectivity index (χ0) is 31.6. The molecule has 3 heterocycles. The van der Waals surface area contributed by atoms with Crippen LogP contribution in [0.15, 0.2) is 84.9 Å². The number of piperidine rings is 2. The number of carbonyl (C=O) groups is 3. The Hall–Kier alpha value is -4.13. The van der Waals surface area contributed by atoms with Gasteiger partial charge in [-0.3, -0.25) is 14.4 Å². The third kappa shape index (κ3) is 6.49. The van der Waals surface area contributed by atoms with Crippen LogP contribution in [0.3, 0.4) is 0 Å². The standard InChI is InChI=1S/C38H46N4O3/c1-37(2,3)32-16-14-31(15-17-32)35(44)40-24-20-38(21-25-40)36(45)41(28-42(38)33-12-8-5-9-13-33)27-34(43)39-22-18-30(19-23-39)26-29-10-6-4-7-11-29/h4-17,30H,18-28H2,1-3H3. The van der Waals surface area contributed by atoms with E-state index in [4.69, 9.17) is 0 Å². The second kappa shape index (κ2) is 12.7. The molecule has 0 atom stereocenters. The van der Waals surface area contributed by atoms with Gasteiger partial charge in [-0.05, 0) is 78.8 Å². The third-order valence-electron chi connectivity index (χ3n) is 10.1. The molecule has 0 unspecified atom stereocenters. The number of benzene rings is 3. The number of likely N-dealkylation sites (tertiary alicyclic amines) is 2. The molecule has 1 spiro atoms. The molecule has 3 aromatic carbocycles. The van der Waals surface area contributed by atoms with Crippen molar-refractivity contribution < 1.29 is 14.4 Å². The van der Waals surface area contributed by atoms with Crippen LogP contribution < -0.4 is 4.90 Å². The topological polar surface area (TPSA) is 64.2 Å². The van der Waals surface area contributed by atoms with Crippen molar-refractivity contribution >= 4 is 23.4 Å². The lowest BCUT2D eigenvalue weighted by Crippen LogP contribution is -2.57. The lowest BCUT2D eigenvalue weighted by atomic mass is 9.84. The number of para-hydroxylation sites is 1. The zero-order valence-corrected chi connectivity index (χ0v) is 27.0. The molecule has 3 fully saturated rings. The fraction of sp³-hybridized carbons (Fsp3) is 0.447. The molecule has 6 rings (SSSR count). The van der Waals surface area contributed by atoms with Gasteiger partial charge in [-0.1, -0.05) is 81.4 Å². The van der Waals surface area contributed by atoms with Crippen molar-refractivity contribution in [3.8, 4) is 0 Å². The van der Waals surface area contributed by atoms with Gasteiger partial charge in [0.2, 0.25) is 5.91 Å². The lowest BCUT2D eigenvalue weighted by Gasteiger charge is -2.43. The quantitative estimate of drug-likeness (QED) is 0.359. The molecule has 7 heteroatoms. The SMILES string of the molecule is CC(C)(C)c1ccc(C(=O)N2CCC3(CC2)C(=O)N(CC(=O)N2CCC(Cc4ccccc4)CC2)CN3c2ccccc2)cc1. The van der Waals surface area contributed by atoms with E-state index in [1.165, 1.54) is 11.1 Å². The summed E-state index contributed by atoms with van der Waals surface area (Å²) in [5.41, 5.74) is 3.45. The number of hydrogen-bond donors (Lipinski definition) is 0. The lowest BCUT2D eigenvalue weighted by molar-refractivity contribution is -0.141. The molecule has 7 nitrogen and oxygen atoms in total. The minimum atomic E-state index is -0.767. The molecule has 0 aliphatic carbocycles. The maximum atomic E-state index is 14.2. The molecule has 0 radical (unpaired) electrons. The number of hydrogen-bond acceptors (Lipinski definition) is 4. The highest BCUT2D eigenvalue weighted by molar-refractivity contribution is 5.97. The molecule has 3 aliphatic heterocycles. The van der Waals surface area contributed by atoms with Crippen molar-refractivity contribution in [1.82, 2.24) is 14.7 Å². The van der Waals surface area contributed by atoms with Gasteiger partial charge in [-0.2, -0.15) is 0 Å². The fourth-order valence-electron chi connectivity index (χ4n) is 7.29. The second-order valence-electron chi connectivity index (χ2n) is 14.1. The van der Waals surface area contributed by atoms with Gasteiger partial charge in [0.05, 0.1) is 6.67 Å². The van der Waals surface area contributed by atoms with Crippen molar-refractivity contribution in [1.29, 1.82) is 0 Å². The average Bonchev–Trinajstić information content (AvgIpc) is 3.31. The van der Waals surface area contributed by atoms with Gasteiger partial charge in [0.1, 0.15) is 12.1 Å². The van der Waals surface area contributed by atoms with Gasteiger partial charge in [0.15, 0.2) is 0 Å². The fourth-order valence-corrected chi connectivity index (χ4v) is 7.29. The molecule has 3 aromatic rings. The minimum absolute atomic E-state index is 0.000274. The largest absolute Gasteiger partial charge is 0.341 e. The van der Waals surface area contributed by atoms with E-state index in [9.17, 15) is 14.4 Å². The third-order valence-corrected chi connectivity index (χ3v) is 10.1. The Morgan fingerprint density at radius 1 is 0.778 bits per heavy atom. The van der Waals surface area contributed by atoms with E-state index in [1.54, 1.807) is 4.90 Å². The predicted octanol–water partition coefficient (Wildman–Crippen LogP) is 5.75. The summed E-state index contributed by atoms with van der Waals surface area (Å²) < 4.78 is 0. The summed E-state index contributed by atoms with van der Waals surface area (Å²) in [7, 11) is 0. The van der Waals surface area contributed by atoms with Crippen molar-refractivity contribution in [3.05, 3.63) is 102 Å². The van der Waals surface area contributed by atoms with Crippen molar-refractivity contribution in [2.24, 2.45) is 5.92 Å². The molecular weight excluding hydrogens is 560 g/mol. The first-order valence-electron chi connectivity index (χ1n) is 16.5. The van der Waals surface area contributed by atoms with Crippen LogP contribution in [0.25, 0.3) is 0 Å². The van der Waals surface area contributed by atoms with Crippen LogP contribution in [0.2, 0.25) is 0 Å². The Morgan fingerprint density at radius 2 is 1.38 bits per heavy atom. The van der Waals surface area contributed by atoms with Gasteiger partial charge in [-0.25, -0.2) is 0 Å². The minimum Gasteiger partial charge on any atom is -0.341 e. The maximum Gasteiger partial charge on any atom is 0.253 e. The van der Waals surface area contributed by atoms with Crippen molar-refractivity contribution in [2.45, 2.75) is 63.8 Å². The molecule has 3 amide bonds. The van der Waals surface area contributed by atoms with Gasteiger partial charge < -0.3 is 19.6 Å². The first-order valence-corrected chi connectivity index (χ1v) is 16.5. The van der Waals surface area contributed by atoms with Crippen LogP contribution in [-0.2, 0) is 21.4 Å². The van der Waals surface area contributed by atoms with E-state index in [-0.39, 0.29) is 29.7 Å². The summed E-state index contributed by atoms with van der Waals surface area (Å²) in [4.78, 5) is 49.0. The summed E-state index contributed by atoms with van der Waals surface area (Å²) >= 11 is 0. The predicted molar refractivity (Wildman–Crippen MR) is 178 cm³/mol. The smallest absolute Gasteiger partial charge is 0.253 e. The number of nitrogens with zero attached hydrogens (tertiary/aromatic N) is 4. The van der Waals surface area contributed by atoms with E-state index in [0.717, 1.165) is 38.0 Å². The zero-order valence-electron chi connectivity index (χ0n) is 27.0. The molecule has 236 valence electrons. The van der Waals surface area contributed by atoms with Crippen LogP contribution in [0.4, 0.5) is 5.69 Å². The van der Waals surface area contributed by atoms with Gasteiger partial charge >= 0.3 is 0 Å². The molecule has 0 N–H and O–H groups in total. The van der Waals surface area contributed by atoms with Crippen LogP contribution in [0.1, 0.15) is 67.9 Å². The molecule has 3 saturated heterocycles. The van der Waals surface area contributed by atoms with Gasteiger partial charge in [0, 0.05) is 37.4 Å². The molecule has 0 bridgehead atoms. The highest BCUT2D eigenvalue weighted by Crippen LogP contribution is 2.40. The first kappa shape index (κ1) is 30.9. The molecule has 0 aromatic heterocycles. The average molecular weight is 607 g/mol. The number of amides is 3. The highest BCUT2D eigenvalue weighted by atomic mass is 16.2. The summed E-state index contributed by atoms with van der Waals surface area (Å²) in [6, 6.07) is 28.5. The van der Waals surface area contributed by atoms with Crippen LogP contribution >= 0.6 is 0 Å². The Bertz CT molecular complexity index is 1480. The van der Waals surface area contributed by atoms with E-state index in [2.05, 4.69) is 49.9 Å². The van der Waals surface area contributed by atoms with E-state index in [0.29, 0.717) is 44.1 Å². The van der Waals surface area contributed by atoms with Crippen molar-refractivity contribution in [2.75, 3.05) is 44.3 Å². The van der Waals surface area contributed by atoms with E-state index >= 15 is 0 Å². The van der Waals surface area contributed by atoms with E-state index < -0.39 is 5.54 Å². The summed E-state index contributed by atoms with van der Waals surface area (Å²) in [6.07, 6.45) is 4.07. The molecule has 3 aliphatic rings. The molecule has 45 heavy (non-hydrogen) atoms.